The number of carbonyl (C=O) groups is 1. The number of hydrogen-bond donors (Lipinski definition) is 2. The highest BCUT2D eigenvalue weighted by molar-refractivity contribution is 5.86. The monoisotopic (exact) mass is 278 g/mol. The van der Waals surface area contributed by atoms with Crippen molar-refractivity contribution in [3.8, 4) is 0 Å². The minimum absolute atomic E-state index is 0.161. The highest BCUT2D eigenvalue weighted by Gasteiger charge is 2.38. The van der Waals surface area contributed by atoms with Crippen LogP contribution in [0.5, 0.6) is 0 Å². The minimum atomic E-state index is -0.941. The van der Waals surface area contributed by atoms with E-state index in [9.17, 15) is 10.0 Å². The van der Waals surface area contributed by atoms with Crippen molar-refractivity contribution in [2.75, 3.05) is 0 Å². The molecular formula is C16H26N2O2. The van der Waals surface area contributed by atoms with E-state index in [-0.39, 0.29) is 11.4 Å². The normalized spacial score (nSPS) is 14.9. The van der Waals surface area contributed by atoms with E-state index in [2.05, 4.69) is 5.32 Å². The molecule has 0 heterocycles. The molecule has 1 amide bonds. The molecule has 1 rings (SSSR count). The van der Waals surface area contributed by atoms with Gasteiger partial charge in [0.15, 0.2) is 0 Å². The third-order valence-electron chi connectivity index (χ3n) is 3.41. The zero-order valence-corrected chi connectivity index (χ0v) is 13.1. The summed E-state index contributed by atoms with van der Waals surface area (Å²) in [4.78, 5) is 12.4. The van der Waals surface area contributed by atoms with E-state index in [4.69, 9.17) is 0 Å². The molecule has 0 aliphatic rings. The van der Waals surface area contributed by atoms with Gasteiger partial charge in [-0.05, 0) is 39.7 Å². The third kappa shape index (κ3) is 4.32. The number of rotatable bonds is 5. The van der Waals surface area contributed by atoms with Crippen LogP contribution in [0.2, 0.25) is 0 Å². The number of hydrogen-bond acceptors (Lipinski definition) is 3. The molecule has 0 aliphatic carbocycles. The zero-order valence-electron chi connectivity index (χ0n) is 13.1. The Labute approximate surface area is 121 Å². The van der Waals surface area contributed by atoms with Gasteiger partial charge in [-0.15, -0.1) is 0 Å². The molecule has 0 spiro atoms. The number of carbonyl (C=O) groups excluding carboxylic acids is 1. The molecule has 0 bridgehead atoms. The first kappa shape index (κ1) is 16.7. The van der Waals surface area contributed by atoms with Crippen LogP contribution in [0, 0.1) is 0 Å². The van der Waals surface area contributed by atoms with Gasteiger partial charge in [-0.3, -0.25) is 4.79 Å². The van der Waals surface area contributed by atoms with Gasteiger partial charge in [0, 0.05) is 5.54 Å². The maximum absolute atomic E-state index is 12.4. The largest absolute Gasteiger partial charge is 0.350 e. The van der Waals surface area contributed by atoms with Crippen molar-refractivity contribution < 1.29 is 10.0 Å². The highest BCUT2D eigenvalue weighted by atomic mass is 16.5. The number of nitrogens with zero attached hydrogens (tertiary/aromatic N) is 1. The molecule has 1 aromatic carbocycles. The molecule has 20 heavy (non-hydrogen) atoms. The van der Waals surface area contributed by atoms with Crippen LogP contribution in [0.1, 0.15) is 46.6 Å². The van der Waals surface area contributed by atoms with E-state index < -0.39 is 5.54 Å². The molecule has 1 unspecified atom stereocenters. The Kier molecular flexibility index (Phi) is 5.31. The SMILES string of the molecule is CCC(C)(C(=O)NC(C)(C)C)N(O)Cc1ccccc1. The molecule has 4 nitrogen and oxygen atoms in total. The van der Waals surface area contributed by atoms with E-state index in [1.54, 1.807) is 6.92 Å². The highest BCUT2D eigenvalue weighted by Crippen LogP contribution is 2.21. The Balaban J connectivity index is 2.84. The van der Waals surface area contributed by atoms with Gasteiger partial charge >= 0.3 is 0 Å². The standard InChI is InChI=1S/C16H26N2O2/c1-6-16(5,14(19)17-15(2,3)4)18(20)12-13-10-8-7-9-11-13/h7-11,20H,6,12H2,1-5H3,(H,17,19). The van der Waals surface area contributed by atoms with Gasteiger partial charge in [-0.2, -0.15) is 5.06 Å². The lowest BCUT2D eigenvalue weighted by molar-refractivity contribution is -0.188. The molecular weight excluding hydrogens is 252 g/mol. The third-order valence-corrected chi connectivity index (χ3v) is 3.41. The molecule has 0 aromatic heterocycles. The number of nitrogens with one attached hydrogen (secondary N) is 1. The summed E-state index contributed by atoms with van der Waals surface area (Å²) in [6, 6.07) is 9.63. The fourth-order valence-electron chi connectivity index (χ4n) is 1.87. The van der Waals surface area contributed by atoms with Gasteiger partial charge < -0.3 is 10.5 Å². The van der Waals surface area contributed by atoms with Crippen LogP contribution in [0.25, 0.3) is 0 Å². The van der Waals surface area contributed by atoms with E-state index in [0.717, 1.165) is 10.6 Å². The summed E-state index contributed by atoms with van der Waals surface area (Å²) in [5.41, 5.74) is -0.289. The average Bonchev–Trinajstić information content (AvgIpc) is 2.36. The van der Waals surface area contributed by atoms with Crippen molar-refractivity contribution in [1.29, 1.82) is 0 Å². The average molecular weight is 278 g/mol. The van der Waals surface area contributed by atoms with Crippen LogP contribution in [0.15, 0.2) is 30.3 Å². The number of hydroxylamine groups is 2. The van der Waals surface area contributed by atoms with Crippen LogP contribution < -0.4 is 5.32 Å². The van der Waals surface area contributed by atoms with Crippen molar-refractivity contribution in [3.05, 3.63) is 35.9 Å². The smallest absolute Gasteiger partial charge is 0.242 e. The van der Waals surface area contributed by atoms with Gasteiger partial charge in [0.1, 0.15) is 5.54 Å². The fourth-order valence-corrected chi connectivity index (χ4v) is 1.87. The summed E-state index contributed by atoms with van der Waals surface area (Å²) >= 11 is 0. The number of benzene rings is 1. The molecule has 0 saturated carbocycles. The van der Waals surface area contributed by atoms with E-state index in [1.807, 2.05) is 58.0 Å². The Bertz CT molecular complexity index is 440. The fraction of sp³-hybridized carbons (Fsp3) is 0.562. The van der Waals surface area contributed by atoms with Crippen LogP contribution in [-0.2, 0) is 11.3 Å². The second kappa shape index (κ2) is 6.37. The quantitative estimate of drug-likeness (QED) is 0.814. The van der Waals surface area contributed by atoms with Gasteiger partial charge in [0.25, 0.3) is 0 Å². The summed E-state index contributed by atoms with van der Waals surface area (Å²) in [5, 5.41) is 14.4. The van der Waals surface area contributed by atoms with E-state index in [1.165, 1.54) is 0 Å². The summed E-state index contributed by atoms with van der Waals surface area (Å²) in [7, 11) is 0. The Morgan fingerprint density at radius 3 is 2.20 bits per heavy atom. The summed E-state index contributed by atoms with van der Waals surface area (Å²) in [6.07, 6.45) is 0.526. The first-order valence-corrected chi connectivity index (χ1v) is 7.02. The summed E-state index contributed by atoms with van der Waals surface area (Å²) in [5.74, 6) is -0.161. The molecule has 0 aliphatic heterocycles. The van der Waals surface area contributed by atoms with Crippen molar-refractivity contribution in [2.24, 2.45) is 0 Å². The molecule has 4 heteroatoms. The lowest BCUT2D eigenvalue weighted by Crippen LogP contribution is -2.58. The van der Waals surface area contributed by atoms with Crippen molar-refractivity contribution in [2.45, 2.75) is 58.7 Å². The van der Waals surface area contributed by atoms with E-state index >= 15 is 0 Å². The second-order valence-corrected chi connectivity index (χ2v) is 6.37. The summed E-state index contributed by atoms with van der Waals surface area (Å²) < 4.78 is 0. The van der Waals surface area contributed by atoms with Crippen molar-refractivity contribution >= 4 is 5.91 Å². The first-order chi connectivity index (χ1) is 9.19. The first-order valence-electron chi connectivity index (χ1n) is 7.02. The van der Waals surface area contributed by atoms with Gasteiger partial charge in [0.05, 0.1) is 6.54 Å². The van der Waals surface area contributed by atoms with Gasteiger partial charge in [-0.1, -0.05) is 37.3 Å². The molecule has 0 fully saturated rings. The van der Waals surface area contributed by atoms with Crippen LogP contribution >= 0.6 is 0 Å². The van der Waals surface area contributed by atoms with Crippen LogP contribution in [0.4, 0.5) is 0 Å². The van der Waals surface area contributed by atoms with Gasteiger partial charge in [-0.25, -0.2) is 0 Å². The predicted molar refractivity (Wildman–Crippen MR) is 80.4 cm³/mol. The molecule has 1 atom stereocenters. The molecule has 112 valence electrons. The Morgan fingerprint density at radius 1 is 1.20 bits per heavy atom. The topological polar surface area (TPSA) is 52.6 Å². The van der Waals surface area contributed by atoms with Crippen LogP contribution in [-0.4, -0.2) is 27.3 Å². The molecule has 0 radical (unpaired) electrons. The molecule has 0 saturated heterocycles. The van der Waals surface area contributed by atoms with Gasteiger partial charge in [0.2, 0.25) is 5.91 Å². The van der Waals surface area contributed by atoms with Crippen molar-refractivity contribution in [1.82, 2.24) is 10.4 Å². The number of amides is 1. The molecule has 2 N–H and O–H groups in total. The maximum atomic E-state index is 12.4. The zero-order chi connectivity index (χ0) is 15.4. The second-order valence-electron chi connectivity index (χ2n) is 6.37. The Hall–Kier alpha value is -1.39. The lowest BCUT2D eigenvalue weighted by atomic mass is 9.94. The van der Waals surface area contributed by atoms with E-state index in [0.29, 0.717) is 13.0 Å². The molecule has 1 aromatic rings. The van der Waals surface area contributed by atoms with Crippen molar-refractivity contribution in [3.63, 3.8) is 0 Å². The minimum Gasteiger partial charge on any atom is -0.350 e. The maximum Gasteiger partial charge on any atom is 0.242 e. The predicted octanol–water partition coefficient (Wildman–Crippen LogP) is 2.96. The summed E-state index contributed by atoms with van der Waals surface area (Å²) in [6.45, 7) is 9.77. The Morgan fingerprint density at radius 2 is 1.75 bits per heavy atom. The lowest BCUT2D eigenvalue weighted by Gasteiger charge is -2.37. The van der Waals surface area contributed by atoms with Crippen LogP contribution in [0.3, 0.4) is 0 Å².